The van der Waals surface area contributed by atoms with E-state index in [0.717, 1.165) is 31.3 Å². The zero-order chi connectivity index (χ0) is 18.7. The SMILES string of the molecule is CCCCCCC=CC1=C(CC(C)=C=CCC(O)(O)C(=O)O)CCC1. The Balaban J connectivity index is 2.58. The van der Waals surface area contributed by atoms with Gasteiger partial charge in [-0.05, 0) is 62.7 Å². The first kappa shape index (κ1) is 21.4. The van der Waals surface area contributed by atoms with Crippen molar-refractivity contribution < 1.29 is 20.1 Å². The maximum Gasteiger partial charge on any atom is 0.364 e. The normalized spacial score (nSPS) is 14.9. The van der Waals surface area contributed by atoms with Gasteiger partial charge in [-0.25, -0.2) is 4.79 Å². The lowest BCUT2D eigenvalue weighted by atomic mass is 10.0. The Kier molecular flexibility index (Phi) is 9.51. The molecule has 0 spiro atoms. The highest BCUT2D eigenvalue weighted by Gasteiger charge is 2.31. The molecular formula is C21H32O4. The molecule has 0 bridgehead atoms. The molecule has 4 nitrogen and oxygen atoms in total. The molecule has 0 saturated heterocycles. The molecule has 0 heterocycles. The number of hydrogen-bond donors (Lipinski definition) is 3. The van der Waals surface area contributed by atoms with E-state index in [1.54, 1.807) is 0 Å². The first-order chi connectivity index (χ1) is 11.9. The molecule has 0 aromatic heterocycles. The predicted molar refractivity (Wildman–Crippen MR) is 100 cm³/mol. The van der Waals surface area contributed by atoms with Crippen LogP contribution in [0.2, 0.25) is 0 Å². The van der Waals surface area contributed by atoms with Crippen LogP contribution in [0.5, 0.6) is 0 Å². The Morgan fingerprint density at radius 1 is 1.24 bits per heavy atom. The Morgan fingerprint density at radius 3 is 2.68 bits per heavy atom. The van der Waals surface area contributed by atoms with E-state index in [0.29, 0.717) is 0 Å². The number of hydrogen-bond acceptors (Lipinski definition) is 3. The summed E-state index contributed by atoms with van der Waals surface area (Å²) in [6.45, 7) is 4.16. The molecular weight excluding hydrogens is 316 g/mol. The van der Waals surface area contributed by atoms with Crippen molar-refractivity contribution in [3.63, 3.8) is 0 Å². The van der Waals surface area contributed by atoms with Crippen LogP contribution < -0.4 is 0 Å². The molecule has 25 heavy (non-hydrogen) atoms. The van der Waals surface area contributed by atoms with E-state index < -0.39 is 11.8 Å². The fourth-order valence-corrected chi connectivity index (χ4v) is 2.97. The molecule has 0 aromatic carbocycles. The fourth-order valence-electron chi connectivity index (χ4n) is 2.97. The highest BCUT2D eigenvalue weighted by Crippen LogP contribution is 2.31. The monoisotopic (exact) mass is 348 g/mol. The van der Waals surface area contributed by atoms with E-state index >= 15 is 0 Å². The standard InChI is InChI=1S/C21H32O4/c1-3-4-5-6-7-8-12-18-13-9-14-19(18)16-17(2)11-10-15-21(24,25)20(22)23/h8,10,12,24-25H,3-7,9,13-16H2,1-2H3,(H,22,23). The maximum absolute atomic E-state index is 10.6. The molecule has 0 aliphatic heterocycles. The zero-order valence-electron chi connectivity index (χ0n) is 15.6. The van der Waals surface area contributed by atoms with Crippen LogP contribution >= 0.6 is 0 Å². The van der Waals surface area contributed by atoms with Crippen LogP contribution in [-0.4, -0.2) is 27.1 Å². The van der Waals surface area contributed by atoms with Crippen molar-refractivity contribution in [1.82, 2.24) is 0 Å². The number of rotatable bonds is 11. The quantitative estimate of drug-likeness (QED) is 0.289. The summed E-state index contributed by atoms with van der Waals surface area (Å²) >= 11 is 0. The molecule has 1 aliphatic rings. The molecule has 3 N–H and O–H groups in total. The van der Waals surface area contributed by atoms with Gasteiger partial charge in [-0.1, -0.05) is 43.9 Å². The second kappa shape index (κ2) is 11.1. The Bertz CT molecular complexity index is 560. The molecule has 0 amide bonds. The second-order valence-electron chi connectivity index (χ2n) is 6.87. The summed E-state index contributed by atoms with van der Waals surface area (Å²) in [5, 5.41) is 27.2. The topological polar surface area (TPSA) is 77.8 Å². The number of carboxylic acids is 1. The minimum Gasteiger partial charge on any atom is -0.477 e. The first-order valence-electron chi connectivity index (χ1n) is 9.33. The van der Waals surface area contributed by atoms with Crippen LogP contribution in [0.25, 0.3) is 0 Å². The van der Waals surface area contributed by atoms with Crippen LogP contribution in [0.4, 0.5) is 0 Å². The smallest absolute Gasteiger partial charge is 0.364 e. The third-order valence-corrected chi connectivity index (χ3v) is 4.48. The van der Waals surface area contributed by atoms with Gasteiger partial charge in [0.05, 0.1) is 0 Å². The summed E-state index contributed by atoms with van der Waals surface area (Å²) in [6, 6.07) is 0. The van der Waals surface area contributed by atoms with Crippen molar-refractivity contribution in [2.45, 2.75) is 83.8 Å². The lowest BCUT2D eigenvalue weighted by Crippen LogP contribution is -2.37. The lowest BCUT2D eigenvalue weighted by Gasteiger charge is -2.12. The third-order valence-electron chi connectivity index (χ3n) is 4.48. The van der Waals surface area contributed by atoms with Crippen molar-refractivity contribution in [1.29, 1.82) is 0 Å². The number of aliphatic hydroxyl groups is 2. The molecule has 140 valence electrons. The Labute approximate surface area is 151 Å². The van der Waals surface area contributed by atoms with Gasteiger partial charge < -0.3 is 15.3 Å². The van der Waals surface area contributed by atoms with Crippen molar-refractivity contribution in [3.05, 3.63) is 40.7 Å². The molecule has 0 aromatic rings. The third kappa shape index (κ3) is 8.35. The van der Waals surface area contributed by atoms with E-state index in [1.807, 2.05) is 6.92 Å². The van der Waals surface area contributed by atoms with Crippen LogP contribution in [0.3, 0.4) is 0 Å². The first-order valence-corrected chi connectivity index (χ1v) is 9.33. The van der Waals surface area contributed by atoms with Crippen LogP contribution in [-0.2, 0) is 4.79 Å². The molecule has 0 fully saturated rings. The van der Waals surface area contributed by atoms with Gasteiger partial charge in [-0.3, -0.25) is 0 Å². The van der Waals surface area contributed by atoms with Gasteiger partial charge >= 0.3 is 5.97 Å². The average Bonchev–Trinajstić information content (AvgIpc) is 2.97. The van der Waals surface area contributed by atoms with Crippen molar-refractivity contribution in [2.75, 3.05) is 0 Å². The summed E-state index contributed by atoms with van der Waals surface area (Å²) in [4.78, 5) is 10.6. The maximum atomic E-state index is 10.6. The summed E-state index contributed by atoms with van der Waals surface area (Å²) in [6.07, 6.45) is 16.0. The number of allylic oxidation sites excluding steroid dienone is 4. The van der Waals surface area contributed by atoms with E-state index in [9.17, 15) is 15.0 Å². The Morgan fingerprint density at radius 2 is 2.00 bits per heavy atom. The molecule has 0 radical (unpaired) electrons. The second-order valence-corrected chi connectivity index (χ2v) is 6.87. The number of carbonyl (C=O) groups is 1. The van der Waals surface area contributed by atoms with Gasteiger partial charge in [0.1, 0.15) is 0 Å². The van der Waals surface area contributed by atoms with E-state index in [1.165, 1.54) is 49.3 Å². The van der Waals surface area contributed by atoms with Gasteiger partial charge in [-0.2, -0.15) is 0 Å². The van der Waals surface area contributed by atoms with E-state index in [2.05, 4.69) is 24.8 Å². The fraction of sp³-hybridized carbons (Fsp3) is 0.619. The van der Waals surface area contributed by atoms with Gasteiger partial charge in [-0.15, -0.1) is 5.73 Å². The van der Waals surface area contributed by atoms with Crippen molar-refractivity contribution in [2.24, 2.45) is 0 Å². The number of carboxylic acid groups (broad SMARTS) is 1. The van der Waals surface area contributed by atoms with Gasteiger partial charge in [0.15, 0.2) is 0 Å². The van der Waals surface area contributed by atoms with E-state index in [4.69, 9.17) is 5.11 Å². The Hall–Kier alpha value is -1.61. The molecule has 0 unspecified atom stereocenters. The molecule has 0 saturated carbocycles. The number of aliphatic carboxylic acids is 1. The minimum atomic E-state index is -2.72. The van der Waals surface area contributed by atoms with Crippen LogP contribution in [0.15, 0.2) is 40.7 Å². The summed E-state index contributed by atoms with van der Waals surface area (Å²) in [5.41, 5.74) is 6.79. The lowest BCUT2D eigenvalue weighted by molar-refractivity contribution is -0.201. The predicted octanol–water partition coefficient (Wildman–Crippen LogP) is 4.64. The summed E-state index contributed by atoms with van der Waals surface area (Å²) in [7, 11) is 0. The van der Waals surface area contributed by atoms with Crippen molar-refractivity contribution in [3.8, 4) is 0 Å². The number of unbranched alkanes of at least 4 members (excludes halogenated alkanes) is 4. The van der Waals surface area contributed by atoms with Gasteiger partial charge in [0, 0.05) is 6.42 Å². The minimum absolute atomic E-state index is 0.372. The van der Waals surface area contributed by atoms with Gasteiger partial charge in [0.25, 0.3) is 5.79 Å². The molecule has 0 atom stereocenters. The summed E-state index contributed by atoms with van der Waals surface area (Å²) < 4.78 is 0. The molecule has 1 rings (SSSR count). The van der Waals surface area contributed by atoms with Crippen molar-refractivity contribution >= 4 is 5.97 Å². The van der Waals surface area contributed by atoms with Crippen LogP contribution in [0, 0.1) is 0 Å². The zero-order valence-corrected chi connectivity index (χ0v) is 15.6. The molecule has 4 heteroatoms. The average molecular weight is 348 g/mol. The largest absolute Gasteiger partial charge is 0.477 e. The highest BCUT2D eigenvalue weighted by atomic mass is 16.5. The molecule has 1 aliphatic carbocycles. The van der Waals surface area contributed by atoms with Gasteiger partial charge in [0.2, 0.25) is 0 Å². The summed E-state index contributed by atoms with van der Waals surface area (Å²) in [5.74, 6) is -4.36. The highest BCUT2D eigenvalue weighted by molar-refractivity contribution is 5.75. The van der Waals surface area contributed by atoms with Crippen LogP contribution in [0.1, 0.15) is 78.1 Å². The van der Waals surface area contributed by atoms with E-state index in [-0.39, 0.29) is 6.42 Å².